The molecular formula is C15H22ClNO2. The number of ether oxygens (including phenoxy) is 1. The first kappa shape index (κ1) is 14.6. The molecule has 1 saturated heterocycles. The van der Waals surface area contributed by atoms with Crippen LogP contribution in [0.3, 0.4) is 0 Å². The van der Waals surface area contributed by atoms with E-state index in [2.05, 4.69) is 11.9 Å². The van der Waals surface area contributed by atoms with Crippen LogP contribution in [-0.2, 0) is 6.61 Å². The molecule has 4 heteroatoms. The second-order valence-corrected chi connectivity index (χ2v) is 5.61. The number of aliphatic hydroxyl groups excluding tert-OH is 1. The van der Waals surface area contributed by atoms with Crippen LogP contribution in [0.1, 0.15) is 31.2 Å². The summed E-state index contributed by atoms with van der Waals surface area (Å²) in [7, 11) is 2.19. The van der Waals surface area contributed by atoms with Crippen molar-refractivity contribution in [3.63, 3.8) is 0 Å². The molecule has 1 N–H and O–H groups in total. The minimum Gasteiger partial charge on any atom is -0.493 e. The van der Waals surface area contributed by atoms with Gasteiger partial charge in [0.2, 0.25) is 0 Å². The van der Waals surface area contributed by atoms with E-state index in [4.69, 9.17) is 16.3 Å². The van der Waals surface area contributed by atoms with Gasteiger partial charge < -0.3 is 14.7 Å². The van der Waals surface area contributed by atoms with Crippen LogP contribution < -0.4 is 4.74 Å². The van der Waals surface area contributed by atoms with Crippen LogP contribution in [0.15, 0.2) is 18.2 Å². The summed E-state index contributed by atoms with van der Waals surface area (Å²) in [5.41, 5.74) is 0.754. The van der Waals surface area contributed by atoms with Gasteiger partial charge in [-0.2, -0.15) is 0 Å². The van der Waals surface area contributed by atoms with Crippen LogP contribution >= 0.6 is 11.6 Å². The smallest absolute Gasteiger partial charge is 0.124 e. The number of benzene rings is 1. The highest BCUT2D eigenvalue weighted by Gasteiger charge is 2.18. The third-order valence-corrected chi connectivity index (χ3v) is 4.06. The first-order valence-corrected chi connectivity index (χ1v) is 7.31. The topological polar surface area (TPSA) is 32.7 Å². The van der Waals surface area contributed by atoms with Gasteiger partial charge in [0.05, 0.1) is 13.2 Å². The Balaban J connectivity index is 1.85. The maximum absolute atomic E-state index is 9.29. The van der Waals surface area contributed by atoms with Gasteiger partial charge in [-0.05, 0) is 51.1 Å². The van der Waals surface area contributed by atoms with Crippen LogP contribution in [0.25, 0.3) is 0 Å². The molecule has 1 aromatic carbocycles. The van der Waals surface area contributed by atoms with Crippen molar-refractivity contribution < 1.29 is 9.84 Å². The number of nitrogens with zero attached hydrogens (tertiary/aromatic N) is 1. The Bertz CT molecular complexity index is 411. The molecule has 0 radical (unpaired) electrons. The van der Waals surface area contributed by atoms with Crippen molar-refractivity contribution in [2.45, 2.75) is 38.3 Å². The molecule has 3 nitrogen and oxygen atoms in total. The van der Waals surface area contributed by atoms with Crippen molar-refractivity contribution in [1.82, 2.24) is 4.90 Å². The van der Waals surface area contributed by atoms with Gasteiger partial charge >= 0.3 is 0 Å². The fourth-order valence-corrected chi connectivity index (χ4v) is 2.82. The number of rotatable bonds is 5. The standard InChI is InChI=1S/C15H22ClNO2/c1-17-8-3-2-4-14(17)7-9-19-15-6-5-13(16)10-12(15)11-18/h5-6,10,14,18H,2-4,7-9,11H2,1H3. The van der Waals surface area contributed by atoms with Gasteiger partial charge in [0.1, 0.15) is 5.75 Å². The SMILES string of the molecule is CN1CCCCC1CCOc1ccc(Cl)cc1CO. The van der Waals surface area contributed by atoms with E-state index in [1.807, 2.05) is 6.07 Å². The quantitative estimate of drug-likeness (QED) is 0.901. The second kappa shape index (κ2) is 7.13. The summed E-state index contributed by atoms with van der Waals surface area (Å²) in [5.74, 6) is 0.741. The van der Waals surface area contributed by atoms with E-state index in [9.17, 15) is 5.11 Å². The van der Waals surface area contributed by atoms with Crippen molar-refractivity contribution in [2.24, 2.45) is 0 Å². The molecule has 0 aliphatic carbocycles. The molecule has 0 aromatic heterocycles. The molecule has 19 heavy (non-hydrogen) atoms. The number of likely N-dealkylation sites (tertiary alicyclic amines) is 1. The second-order valence-electron chi connectivity index (χ2n) is 5.18. The van der Waals surface area contributed by atoms with E-state index in [1.165, 1.54) is 25.8 Å². The lowest BCUT2D eigenvalue weighted by Crippen LogP contribution is -2.37. The Hall–Kier alpha value is -0.770. The Morgan fingerprint density at radius 2 is 2.26 bits per heavy atom. The van der Waals surface area contributed by atoms with Crippen LogP contribution in [0.4, 0.5) is 0 Å². The molecule has 2 rings (SSSR count). The first-order chi connectivity index (χ1) is 9.20. The fraction of sp³-hybridized carbons (Fsp3) is 0.600. The number of halogens is 1. The third kappa shape index (κ3) is 4.10. The van der Waals surface area contributed by atoms with Crippen LogP contribution in [-0.4, -0.2) is 36.2 Å². The number of piperidine rings is 1. The highest BCUT2D eigenvalue weighted by Crippen LogP contribution is 2.24. The number of hydrogen-bond acceptors (Lipinski definition) is 3. The summed E-state index contributed by atoms with van der Waals surface area (Å²) in [6.07, 6.45) is 4.91. The minimum absolute atomic E-state index is 0.0424. The van der Waals surface area contributed by atoms with Gasteiger partial charge in [-0.1, -0.05) is 18.0 Å². The Kier molecular flexibility index (Phi) is 5.49. The van der Waals surface area contributed by atoms with Gasteiger partial charge in [0, 0.05) is 16.6 Å². The molecule has 1 unspecified atom stereocenters. The van der Waals surface area contributed by atoms with E-state index in [1.54, 1.807) is 12.1 Å². The fourth-order valence-electron chi connectivity index (χ4n) is 2.63. The molecule has 0 amide bonds. The molecule has 1 aromatic rings. The van der Waals surface area contributed by atoms with E-state index >= 15 is 0 Å². The summed E-state index contributed by atoms with van der Waals surface area (Å²) in [4.78, 5) is 2.42. The molecule has 1 atom stereocenters. The summed E-state index contributed by atoms with van der Waals surface area (Å²) in [6.45, 7) is 1.83. The van der Waals surface area contributed by atoms with Crippen LogP contribution in [0, 0.1) is 0 Å². The monoisotopic (exact) mass is 283 g/mol. The third-order valence-electron chi connectivity index (χ3n) is 3.82. The first-order valence-electron chi connectivity index (χ1n) is 6.93. The molecule has 1 aliphatic rings. The van der Waals surface area contributed by atoms with Crippen molar-refractivity contribution in [3.8, 4) is 5.75 Å². The average Bonchev–Trinajstić information content (AvgIpc) is 2.42. The molecule has 0 saturated carbocycles. The molecule has 1 aliphatic heterocycles. The summed E-state index contributed by atoms with van der Waals surface area (Å²) >= 11 is 5.90. The van der Waals surface area contributed by atoms with Crippen LogP contribution in [0.2, 0.25) is 5.02 Å². The predicted molar refractivity (Wildman–Crippen MR) is 77.8 cm³/mol. The van der Waals surface area contributed by atoms with E-state index in [0.29, 0.717) is 17.7 Å². The number of hydrogen-bond donors (Lipinski definition) is 1. The molecule has 106 valence electrons. The maximum Gasteiger partial charge on any atom is 0.124 e. The Morgan fingerprint density at radius 3 is 3.00 bits per heavy atom. The molecular weight excluding hydrogens is 262 g/mol. The van der Waals surface area contributed by atoms with E-state index in [0.717, 1.165) is 17.7 Å². The van der Waals surface area contributed by atoms with E-state index < -0.39 is 0 Å². The lowest BCUT2D eigenvalue weighted by atomic mass is 10.0. The van der Waals surface area contributed by atoms with E-state index in [-0.39, 0.29) is 6.61 Å². The highest BCUT2D eigenvalue weighted by molar-refractivity contribution is 6.30. The largest absolute Gasteiger partial charge is 0.493 e. The predicted octanol–water partition coefficient (Wildman–Crippen LogP) is 3.09. The van der Waals surface area contributed by atoms with Crippen molar-refractivity contribution in [3.05, 3.63) is 28.8 Å². The van der Waals surface area contributed by atoms with Gasteiger partial charge in [0.25, 0.3) is 0 Å². The van der Waals surface area contributed by atoms with Crippen molar-refractivity contribution in [2.75, 3.05) is 20.2 Å². The molecule has 0 bridgehead atoms. The molecule has 1 heterocycles. The minimum atomic E-state index is -0.0424. The van der Waals surface area contributed by atoms with Gasteiger partial charge in [-0.15, -0.1) is 0 Å². The lowest BCUT2D eigenvalue weighted by molar-refractivity contribution is 0.152. The lowest BCUT2D eigenvalue weighted by Gasteiger charge is -2.32. The zero-order valence-corrected chi connectivity index (χ0v) is 12.2. The van der Waals surface area contributed by atoms with Crippen molar-refractivity contribution >= 4 is 11.6 Å². The molecule has 0 spiro atoms. The van der Waals surface area contributed by atoms with Gasteiger partial charge in [-0.25, -0.2) is 0 Å². The maximum atomic E-state index is 9.29. The summed E-state index contributed by atoms with van der Waals surface area (Å²) in [6, 6.07) is 6.00. The average molecular weight is 284 g/mol. The normalized spacial score (nSPS) is 20.5. The van der Waals surface area contributed by atoms with Crippen molar-refractivity contribution in [1.29, 1.82) is 0 Å². The zero-order valence-electron chi connectivity index (χ0n) is 11.4. The zero-order chi connectivity index (χ0) is 13.7. The summed E-state index contributed by atoms with van der Waals surface area (Å²) < 4.78 is 5.79. The Morgan fingerprint density at radius 1 is 1.42 bits per heavy atom. The van der Waals surface area contributed by atoms with Gasteiger partial charge in [0.15, 0.2) is 0 Å². The highest BCUT2D eigenvalue weighted by atomic mass is 35.5. The molecule has 1 fully saturated rings. The van der Waals surface area contributed by atoms with Gasteiger partial charge in [-0.3, -0.25) is 0 Å². The summed E-state index contributed by atoms with van der Waals surface area (Å²) in [5, 5.41) is 9.91. The Labute approximate surface area is 120 Å². The number of aliphatic hydroxyl groups is 1. The van der Waals surface area contributed by atoms with Crippen LogP contribution in [0.5, 0.6) is 5.75 Å².